The summed E-state index contributed by atoms with van der Waals surface area (Å²) in [5.74, 6) is -1.91. The summed E-state index contributed by atoms with van der Waals surface area (Å²) in [4.78, 5) is 30.9. The first-order valence-corrected chi connectivity index (χ1v) is 9.11. The molecular formula is C24H16IrN2O4+3. The number of benzene rings is 2. The third-order valence-electron chi connectivity index (χ3n) is 4.72. The number of pyridine rings is 2. The summed E-state index contributed by atoms with van der Waals surface area (Å²) in [6, 6.07) is 20.8. The molecule has 0 unspecified atom stereocenters. The van der Waals surface area contributed by atoms with Crippen molar-refractivity contribution in [2.75, 3.05) is 0 Å². The summed E-state index contributed by atoms with van der Waals surface area (Å²) < 4.78 is 0. The van der Waals surface area contributed by atoms with Crippen molar-refractivity contribution >= 4 is 11.9 Å². The molecule has 0 saturated heterocycles. The molecule has 0 aliphatic rings. The van der Waals surface area contributed by atoms with E-state index in [1.807, 2.05) is 24.3 Å². The van der Waals surface area contributed by atoms with E-state index in [9.17, 15) is 9.59 Å². The second kappa shape index (κ2) is 9.43. The van der Waals surface area contributed by atoms with Gasteiger partial charge in [-0.05, 0) is 47.5 Å². The number of aromatic nitrogens is 2. The molecule has 6 nitrogen and oxygen atoms in total. The van der Waals surface area contributed by atoms with E-state index in [0.717, 1.165) is 22.3 Å². The third kappa shape index (κ3) is 4.91. The van der Waals surface area contributed by atoms with Gasteiger partial charge in [-0.2, -0.15) is 0 Å². The van der Waals surface area contributed by atoms with E-state index in [-0.39, 0.29) is 31.2 Å². The fourth-order valence-electron chi connectivity index (χ4n) is 3.04. The summed E-state index contributed by atoms with van der Waals surface area (Å²) in [5.41, 5.74) is 5.44. The Morgan fingerprint density at radius 1 is 0.516 bits per heavy atom. The van der Waals surface area contributed by atoms with Crippen molar-refractivity contribution in [1.29, 1.82) is 0 Å². The van der Waals surface area contributed by atoms with Crippen molar-refractivity contribution in [1.82, 2.24) is 9.97 Å². The first kappa shape index (κ1) is 22.0. The fraction of sp³-hybridized carbons (Fsp3) is 0. The van der Waals surface area contributed by atoms with Crippen LogP contribution in [0.1, 0.15) is 20.7 Å². The van der Waals surface area contributed by atoms with Gasteiger partial charge in [-0.3, -0.25) is 9.97 Å². The van der Waals surface area contributed by atoms with Crippen LogP contribution in [0.2, 0.25) is 0 Å². The molecule has 0 spiro atoms. The van der Waals surface area contributed by atoms with Gasteiger partial charge in [0.2, 0.25) is 0 Å². The van der Waals surface area contributed by atoms with Gasteiger partial charge in [-0.25, -0.2) is 9.59 Å². The maximum atomic E-state index is 11.0. The Labute approximate surface area is 191 Å². The molecule has 2 heterocycles. The molecule has 0 fully saturated rings. The van der Waals surface area contributed by atoms with Gasteiger partial charge < -0.3 is 10.2 Å². The van der Waals surface area contributed by atoms with Crippen LogP contribution in [0.3, 0.4) is 0 Å². The molecule has 152 valence electrons. The number of hydrogen-bond acceptors (Lipinski definition) is 4. The van der Waals surface area contributed by atoms with Crippen LogP contribution in [-0.2, 0) is 20.1 Å². The van der Waals surface area contributed by atoms with Crippen molar-refractivity contribution in [2.45, 2.75) is 0 Å². The van der Waals surface area contributed by atoms with Crippen LogP contribution in [0.4, 0.5) is 0 Å². The van der Waals surface area contributed by atoms with Crippen LogP contribution >= 0.6 is 0 Å². The first-order chi connectivity index (χ1) is 14.5. The SMILES string of the molecule is O=C(O)c1ccc(-c2ccc(-c3ccc(-c4ccc(C(=O)O)cc4)cn3)nc2)cc1.[Ir+3]. The quantitative estimate of drug-likeness (QED) is 0.345. The van der Waals surface area contributed by atoms with Crippen molar-refractivity contribution in [3.8, 4) is 33.6 Å². The Bertz CT molecular complexity index is 1110. The minimum atomic E-state index is -0.956. The molecule has 0 bridgehead atoms. The zero-order valence-corrected chi connectivity index (χ0v) is 18.4. The number of hydrogen-bond donors (Lipinski definition) is 2. The van der Waals surface area contributed by atoms with E-state index in [4.69, 9.17) is 10.2 Å². The Kier molecular flexibility index (Phi) is 6.70. The number of carboxylic acids is 2. The minimum Gasteiger partial charge on any atom is -0.478 e. The second-order valence-electron chi connectivity index (χ2n) is 6.63. The monoisotopic (exact) mass is 589 g/mol. The van der Waals surface area contributed by atoms with Crippen molar-refractivity contribution < 1.29 is 39.9 Å². The maximum Gasteiger partial charge on any atom is 3.00 e. The summed E-state index contributed by atoms with van der Waals surface area (Å²) in [7, 11) is 0. The topological polar surface area (TPSA) is 100 Å². The number of rotatable bonds is 5. The van der Waals surface area contributed by atoms with Crippen LogP contribution in [0, 0.1) is 0 Å². The fourth-order valence-corrected chi connectivity index (χ4v) is 3.04. The molecule has 0 atom stereocenters. The van der Waals surface area contributed by atoms with Crippen molar-refractivity contribution in [3.63, 3.8) is 0 Å². The molecule has 0 radical (unpaired) electrons. The van der Waals surface area contributed by atoms with Crippen LogP contribution in [0.15, 0.2) is 85.2 Å². The Hall–Kier alpha value is -3.67. The van der Waals surface area contributed by atoms with Crippen LogP contribution < -0.4 is 0 Å². The van der Waals surface area contributed by atoms with E-state index >= 15 is 0 Å². The van der Waals surface area contributed by atoms with Gasteiger partial charge in [0.05, 0.1) is 22.5 Å². The van der Waals surface area contributed by atoms with E-state index in [2.05, 4.69) is 9.97 Å². The maximum absolute atomic E-state index is 11.0. The molecule has 0 amide bonds. The van der Waals surface area contributed by atoms with Gasteiger partial charge in [0, 0.05) is 23.5 Å². The molecule has 0 saturated carbocycles. The molecule has 2 aromatic heterocycles. The Morgan fingerprint density at radius 2 is 0.839 bits per heavy atom. The zero-order chi connectivity index (χ0) is 21.1. The molecule has 4 aromatic rings. The van der Waals surface area contributed by atoms with Crippen LogP contribution in [-0.4, -0.2) is 32.1 Å². The van der Waals surface area contributed by atoms with Crippen molar-refractivity contribution in [2.24, 2.45) is 0 Å². The van der Waals surface area contributed by atoms with Gasteiger partial charge in [0.15, 0.2) is 0 Å². The van der Waals surface area contributed by atoms with Gasteiger partial charge in [0.1, 0.15) is 0 Å². The molecule has 31 heavy (non-hydrogen) atoms. The molecule has 2 aromatic carbocycles. The van der Waals surface area contributed by atoms with Crippen LogP contribution in [0.5, 0.6) is 0 Å². The number of carbonyl (C=O) groups is 2. The normalized spacial score (nSPS) is 10.2. The summed E-state index contributed by atoms with van der Waals surface area (Å²) in [5, 5.41) is 18.0. The first-order valence-electron chi connectivity index (χ1n) is 9.11. The van der Waals surface area contributed by atoms with Gasteiger partial charge >= 0.3 is 32.0 Å². The van der Waals surface area contributed by atoms with Gasteiger partial charge in [-0.15, -0.1) is 0 Å². The van der Waals surface area contributed by atoms with E-state index in [1.54, 1.807) is 60.9 Å². The van der Waals surface area contributed by atoms with Crippen LogP contribution in [0.25, 0.3) is 33.6 Å². The standard InChI is InChI=1S/C24H16N2O4.Ir/c27-23(28)17-5-1-15(2-6-17)19-9-11-21(25-13-19)22-12-10-20(14-26-22)16-3-7-18(8-4-16)24(29)30;/h1-14H,(H,27,28)(H,29,30);/q;+3. The molecule has 4 rings (SSSR count). The largest absolute Gasteiger partial charge is 3.00 e. The predicted octanol–water partition coefficient (Wildman–Crippen LogP) is 4.87. The second-order valence-corrected chi connectivity index (χ2v) is 6.63. The number of aromatic carboxylic acids is 2. The van der Waals surface area contributed by atoms with E-state index in [1.165, 1.54) is 0 Å². The summed E-state index contributed by atoms with van der Waals surface area (Å²) >= 11 is 0. The van der Waals surface area contributed by atoms with Gasteiger partial charge in [0.25, 0.3) is 0 Å². The number of carboxylic acid groups (broad SMARTS) is 2. The smallest absolute Gasteiger partial charge is 0.478 e. The Morgan fingerprint density at radius 3 is 1.10 bits per heavy atom. The summed E-state index contributed by atoms with van der Waals surface area (Å²) in [6.45, 7) is 0. The Balaban J connectivity index is 0.00000272. The minimum absolute atomic E-state index is 0. The third-order valence-corrected chi connectivity index (χ3v) is 4.72. The average molecular weight is 589 g/mol. The van der Waals surface area contributed by atoms with Gasteiger partial charge in [-0.1, -0.05) is 36.4 Å². The molecule has 0 aliphatic carbocycles. The predicted molar refractivity (Wildman–Crippen MR) is 112 cm³/mol. The molecule has 2 N–H and O–H groups in total. The summed E-state index contributed by atoms with van der Waals surface area (Å²) in [6.07, 6.45) is 3.46. The molecular weight excluding hydrogens is 572 g/mol. The molecule has 0 aliphatic heterocycles. The average Bonchev–Trinajstić information content (AvgIpc) is 2.79. The van der Waals surface area contributed by atoms with E-state index < -0.39 is 11.9 Å². The zero-order valence-electron chi connectivity index (χ0n) is 16.0. The van der Waals surface area contributed by atoms with E-state index in [0.29, 0.717) is 11.4 Å². The number of nitrogens with zero attached hydrogens (tertiary/aromatic N) is 2. The van der Waals surface area contributed by atoms with Crippen molar-refractivity contribution in [3.05, 3.63) is 96.3 Å². The molecule has 7 heteroatoms.